The van der Waals surface area contributed by atoms with Gasteiger partial charge in [-0.3, -0.25) is 0 Å². The van der Waals surface area contributed by atoms with Crippen LogP contribution in [0.25, 0.3) is 33.5 Å². The summed E-state index contributed by atoms with van der Waals surface area (Å²) in [6, 6.07) is 3.50. The Morgan fingerprint density at radius 1 is 1.19 bits per heavy atom. The lowest BCUT2D eigenvalue weighted by molar-refractivity contribution is -0.137. The van der Waals surface area contributed by atoms with Crippen molar-refractivity contribution < 1.29 is 17.7 Å². The Kier molecular flexibility index (Phi) is 5.04. The van der Waals surface area contributed by atoms with Crippen molar-refractivity contribution in [2.75, 3.05) is 18.4 Å². The Hall–Kier alpha value is -3.47. The fourth-order valence-corrected chi connectivity index (χ4v) is 3.91. The second-order valence-electron chi connectivity index (χ2n) is 7.75. The standard InChI is InChI=1S/C21H20F3N7O/c1-11-15(10-32-31-11)17-5-4-13-14(8-26-19(13)29-17)18-16(21(22,23)24)9-27-20(30-18)28-12-3-2-6-25-7-12/h4-5,8-10,12,25H,2-3,6-7H2,1H3,(H,26,29)(H,27,28,30)/t12-/m0/s1. The SMILES string of the molecule is Cc1nocc1-c1ccc2c(-c3nc(N[C@H]4CCCNC4)ncc3C(F)(F)F)c[nH]c2n1. The summed E-state index contributed by atoms with van der Waals surface area (Å²) in [5.41, 5.74) is 1.65. The summed E-state index contributed by atoms with van der Waals surface area (Å²) in [4.78, 5) is 15.7. The number of halogens is 3. The first-order valence-electron chi connectivity index (χ1n) is 10.2. The van der Waals surface area contributed by atoms with Gasteiger partial charge in [0.15, 0.2) is 0 Å². The number of hydrogen-bond donors (Lipinski definition) is 3. The van der Waals surface area contributed by atoms with E-state index in [2.05, 4.69) is 35.7 Å². The van der Waals surface area contributed by atoms with Gasteiger partial charge in [-0.2, -0.15) is 13.2 Å². The normalized spacial score (nSPS) is 17.1. The highest BCUT2D eigenvalue weighted by Crippen LogP contribution is 2.39. The van der Waals surface area contributed by atoms with Crippen LogP contribution >= 0.6 is 0 Å². The molecule has 0 aliphatic carbocycles. The third-order valence-corrected chi connectivity index (χ3v) is 5.54. The van der Waals surface area contributed by atoms with Crippen LogP contribution in [0.15, 0.2) is 35.3 Å². The molecule has 166 valence electrons. The van der Waals surface area contributed by atoms with Crippen LogP contribution in [-0.2, 0) is 6.18 Å². The zero-order valence-corrected chi connectivity index (χ0v) is 17.1. The van der Waals surface area contributed by atoms with Crippen LogP contribution in [-0.4, -0.2) is 44.2 Å². The number of alkyl halides is 3. The Bertz CT molecular complexity index is 1260. The molecule has 1 aliphatic heterocycles. The summed E-state index contributed by atoms with van der Waals surface area (Å²) in [6.07, 6.45) is 1.09. The highest BCUT2D eigenvalue weighted by atomic mass is 19.4. The minimum Gasteiger partial charge on any atom is -0.364 e. The van der Waals surface area contributed by atoms with Gasteiger partial charge in [0.25, 0.3) is 0 Å². The van der Waals surface area contributed by atoms with E-state index in [0.29, 0.717) is 40.1 Å². The second kappa shape index (κ2) is 7.90. The van der Waals surface area contributed by atoms with Crippen LogP contribution in [0.2, 0.25) is 0 Å². The Morgan fingerprint density at radius 2 is 2.06 bits per heavy atom. The quantitative estimate of drug-likeness (QED) is 0.435. The number of hydrogen-bond acceptors (Lipinski definition) is 7. The molecule has 5 rings (SSSR count). The predicted molar refractivity (Wildman–Crippen MR) is 112 cm³/mol. The third kappa shape index (κ3) is 3.79. The monoisotopic (exact) mass is 443 g/mol. The maximum atomic E-state index is 13.8. The molecular formula is C21H20F3N7O. The minimum absolute atomic E-state index is 0.0624. The number of aromatic amines is 1. The molecule has 1 atom stereocenters. The van der Waals surface area contributed by atoms with E-state index in [4.69, 9.17) is 4.52 Å². The molecule has 5 heterocycles. The van der Waals surface area contributed by atoms with Crippen molar-refractivity contribution in [3.8, 4) is 22.5 Å². The first-order valence-corrected chi connectivity index (χ1v) is 10.2. The number of nitrogens with one attached hydrogen (secondary N) is 3. The number of anilines is 1. The molecule has 3 N–H and O–H groups in total. The van der Waals surface area contributed by atoms with Crippen LogP contribution in [0.4, 0.5) is 19.1 Å². The highest BCUT2D eigenvalue weighted by Gasteiger charge is 2.36. The van der Waals surface area contributed by atoms with Crippen molar-refractivity contribution >= 4 is 17.0 Å². The highest BCUT2D eigenvalue weighted by molar-refractivity contribution is 5.94. The first-order chi connectivity index (χ1) is 15.4. The number of rotatable bonds is 4. The lowest BCUT2D eigenvalue weighted by Gasteiger charge is -2.24. The average molecular weight is 443 g/mol. The minimum atomic E-state index is -4.60. The molecule has 0 bridgehead atoms. The van der Waals surface area contributed by atoms with Crippen LogP contribution in [0.5, 0.6) is 0 Å². The van der Waals surface area contributed by atoms with Gasteiger partial charge < -0.3 is 20.1 Å². The number of aromatic nitrogens is 5. The maximum absolute atomic E-state index is 13.8. The second-order valence-corrected chi connectivity index (χ2v) is 7.75. The van der Waals surface area contributed by atoms with Crippen molar-refractivity contribution in [1.29, 1.82) is 0 Å². The molecule has 1 aliphatic rings. The van der Waals surface area contributed by atoms with Gasteiger partial charge in [-0.15, -0.1) is 0 Å². The summed E-state index contributed by atoms with van der Waals surface area (Å²) in [5.74, 6) is 0.167. The number of nitrogens with zero attached hydrogens (tertiary/aromatic N) is 4. The Balaban J connectivity index is 1.57. The van der Waals surface area contributed by atoms with Gasteiger partial charge in [0.2, 0.25) is 5.95 Å². The molecule has 8 nitrogen and oxygen atoms in total. The van der Waals surface area contributed by atoms with E-state index in [0.717, 1.165) is 25.6 Å². The van der Waals surface area contributed by atoms with E-state index in [1.54, 1.807) is 19.1 Å². The molecule has 1 fully saturated rings. The Labute approximate surface area is 180 Å². The smallest absolute Gasteiger partial charge is 0.364 e. The summed E-state index contributed by atoms with van der Waals surface area (Å²) >= 11 is 0. The van der Waals surface area contributed by atoms with E-state index >= 15 is 0 Å². The van der Waals surface area contributed by atoms with Gasteiger partial charge in [0.05, 0.1) is 22.6 Å². The number of pyridine rings is 1. The zero-order valence-electron chi connectivity index (χ0n) is 17.1. The van der Waals surface area contributed by atoms with Crippen LogP contribution in [0.3, 0.4) is 0 Å². The molecule has 4 aromatic heterocycles. The van der Waals surface area contributed by atoms with Gasteiger partial charge in [0, 0.05) is 35.9 Å². The van der Waals surface area contributed by atoms with E-state index < -0.39 is 11.7 Å². The molecule has 0 unspecified atom stereocenters. The van der Waals surface area contributed by atoms with Gasteiger partial charge >= 0.3 is 6.18 Å². The first kappa shape index (κ1) is 20.4. The van der Waals surface area contributed by atoms with Gasteiger partial charge in [-0.25, -0.2) is 15.0 Å². The molecule has 0 aromatic carbocycles. The summed E-state index contributed by atoms with van der Waals surface area (Å²) < 4.78 is 46.3. The molecule has 4 aromatic rings. The summed E-state index contributed by atoms with van der Waals surface area (Å²) in [5, 5.41) is 10.8. The molecule has 0 amide bonds. The van der Waals surface area contributed by atoms with E-state index in [9.17, 15) is 13.2 Å². The topological polar surface area (TPSA) is 105 Å². The fraction of sp³-hybridized carbons (Fsp3) is 0.333. The van der Waals surface area contributed by atoms with Crippen molar-refractivity contribution in [3.63, 3.8) is 0 Å². The molecule has 32 heavy (non-hydrogen) atoms. The van der Waals surface area contributed by atoms with Crippen molar-refractivity contribution in [2.45, 2.75) is 32.0 Å². The van der Waals surface area contributed by atoms with Crippen LogP contribution in [0.1, 0.15) is 24.1 Å². The number of fused-ring (bicyclic) bond motifs is 1. The molecule has 0 radical (unpaired) electrons. The molecule has 0 spiro atoms. The van der Waals surface area contributed by atoms with Crippen molar-refractivity contribution in [3.05, 3.63) is 42.0 Å². The van der Waals surface area contributed by atoms with Gasteiger partial charge in [-0.1, -0.05) is 5.16 Å². The molecule has 1 saturated heterocycles. The maximum Gasteiger partial charge on any atom is 0.419 e. The number of H-pyrrole nitrogens is 1. The summed E-state index contributed by atoms with van der Waals surface area (Å²) in [7, 11) is 0. The molecule has 11 heteroatoms. The lowest BCUT2D eigenvalue weighted by Crippen LogP contribution is -2.38. The lowest BCUT2D eigenvalue weighted by atomic mass is 10.1. The third-order valence-electron chi connectivity index (χ3n) is 5.54. The summed E-state index contributed by atoms with van der Waals surface area (Å²) in [6.45, 7) is 3.43. The zero-order chi connectivity index (χ0) is 22.3. The molecule has 0 saturated carbocycles. The predicted octanol–water partition coefficient (Wildman–Crippen LogP) is 4.17. The average Bonchev–Trinajstić information content (AvgIpc) is 3.39. The van der Waals surface area contributed by atoms with E-state index in [1.807, 2.05) is 0 Å². The fourth-order valence-electron chi connectivity index (χ4n) is 3.91. The van der Waals surface area contributed by atoms with Gasteiger partial charge in [-0.05, 0) is 38.4 Å². The van der Waals surface area contributed by atoms with Crippen LogP contribution < -0.4 is 10.6 Å². The van der Waals surface area contributed by atoms with E-state index in [1.165, 1.54) is 12.5 Å². The number of piperidine rings is 1. The van der Waals surface area contributed by atoms with Crippen molar-refractivity contribution in [1.82, 2.24) is 30.4 Å². The Morgan fingerprint density at radius 3 is 2.78 bits per heavy atom. The van der Waals surface area contributed by atoms with Crippen molar-refractivity contribution in [2.24, 2.45) is 0 Å². The van der Waals surface area contributed by atoms with Crippen LogP contribution in [0, 0.1) is 6.92 Å². The van der Waals surface area contributed by atoms with E-state index in [-0.39, 0.29) is 17.7 Å². The molecular weight excluding hydrogens is 423 g/mol. The largest absolute Gasteiger partial charge is 0.419 e. The number of aryl methyl sites for hydroxylation is 1. The van der Waals surface area contributed by atoms with Gasteiger partial charge in [0.1, 0.15) is 17.5 Å².